The molecule has 1 amide bonds. The molecule has 20 heavy (non-hydrogen) atoms. The molecule has 1 aliphatic rings. The van der Waals surface area contributed by atoms with Gasteiger partial charge in [0.25, 0.3) is 0 Å². The van der Waals surface area contributed by atoms with Crippen molar-refractivity contribution in [2.45, 2.75) is 45.1 Å². The van der Waals surface area contributed by atoms with Crippen molar-refractivity contribution >= 4 is 5.91 Å². The fourth-order valence-corrected chi connectivity index (χ4v) is 2.76. The summed E-state index contributed by atoms with van der Waals surface area (Å²) in [5.41, 5.74) is 7.78. The smallest absolute Gasteiger partial charge is 0.240 e. The number of carbonyl (C=O) groups is 1. The molecular formula is C16H24N2O2. The lowest BCUT2D eigenvalue weighted by Crippen LogP contribution is -2.52. The molecule has 0 unspecified atom stereocenters. The quantitative estimate of drug-likeness (QED) is 0.809. The molecule has 0 aliphatic heterocycles. The van der Waals surface area contributed by atoms with Crippen molar-refractivity contribution < 1.29 is 9.53 Å². The van der Waals surface area contributed by atoms with Gasteiger partial charge in [-0.15, -0.1) is 0 Å². The molecule has 1 saturated carbocycles. The van der Waals surface area contributed by atoms with Crippen LogP contribution in [0.2, 0.25) is 0 Å². The summed E-state index contributed by atoms with van der Waals surface area (Å²) in [6.45, 7) is 5.04. The number of carbonyl (C=O) groups excluding carboxylic acids is 1. The first-order valence-corrected chi connectivity index (χ1v) is 7.28. The highest BCUT2D eigenvalue weighted by Gasteiger charge is 2.36. The number of rotatable bonds is 5. The van der Waals surface area contributed by atoms with Crippen molar-refractivity contribution in [2.75, 3.05) is 13.2 Å². The number of aryl methyl sites for hydroxylation is 2. The summed E-state index contributed by atoms with van der Waals surface area (Å²) in [5, 5.41) is 2.88. The zero-order chi connectivity index (χ0) is 14.6. The predicted octanol–water partition coefficient (Wildman–Crippen LogP) is 2.07. The third kappa shape index (κ3) is 3.73. The van der Waals surface area contributed by atoms with Crippen LogP contribution >= 0.6 is 0 Å². The van der Waals surface area contributed by atoms with Crippen molar-refractivity contribution in [2.24, 2.45) is 5.73 Å². The number of nitrogens with two attached hydrogens (primary N) is 1. The molecule has 0 radical (unpaired) electrons. The fraction of sp³-hybridized carbons (Fsp3) is 0.562. The minimum atomic E-state index is -0.653. The van der Waals surface area contributed by atoms with Gasteiger partial charge in [0.2, 0.25) is 5.91 Å². The van der Waals surface area contributed by atoms with E-state index in [0.717, 1.165) is 31.4 Å². The maximum absolute atomic E-state index is 12.0. The Bertz CT molecular complexity index is 459. The topological polar surface area (TPSA) is 64.3 Å². The van der Waals surface area contributed by atoms with Gasteiger partial charge in [-0.05, 0) is 49.9 Å². The van der Waals surface area contributed by atoms with E-state index in [0.29, 0.717) is 13.2 Å². The van der Waals surface area contributed by atoms with Crippen LogP contribution < -0.4 is 15.8 Å². The lowest BCUT2D eigenvalue weighted by molar-refractivity contribution is -0.126. The predicted molar refractivity (Wildman–Crippen MR) is 79.8 cm³/mol. The highest BCUT2D eigenvalue weighted by atomic mass is 16.5. The van der Waals surface area contributed by atoms with E-state index in [1.54, 1.807) is 0 Å². The van der Waals surface area contributed by atoms with Gasteiger partial charge < -0.3 is 15.8 Å². The van der Waals surface area contributed by atoms with E-state index in [1.165, 1.54) is 11.1 Å². The number of hydrogen-bond donors (Lipinski definition) is 2. The Morgan fingerprint density at radius 1 is 1.25 bits per heavy atom. The summed E-state index contributed by atoms with van der Waals surface area (Å²) in [7, 11) is 0. The molecule has 1 aromatic carbocycles. The highest BCUT2D eigenvalue weighted by molar-refractivity contribution is 5.86. The van der Waals surface area contributed by atoms with Crippen molar-refractivity contribution in [1.82, 2.24) is 5.32 Å². The van der Waals surface area contributed by atoms with Gasteiger partial charge in [-0.1, -0.05) is 18.9 Å². The van der Waals surface area contributed by atoms with Crippen LogP contribution in [-0.2, 0) is 4.79 Å². The van der Waals surface area contributed by atoms with Crippen LogP contribution in [0.5, 0.6) is 5.75 Å². The second kappa shape index (κ2) is 6.27. The zero-order valence-electron chi connectivity index (χ0n) is 12.4. The molecular weight excluding hydrogens is 252 g/mol. The normalized spacial score (nSPS) is 16.9. The first-order valence-electron chi connectivity index (χ1n) is 7.28. The standard InChI is InChI=1S/C16H24N2O2/c1-12-9-13(2)11-14(10-12)20-8-7-18-15(19)16(17)5-3-4-6-16/h9-11H,3-8,17H2,1-2H3,(H,18,19). The molecule has 1 aromatic rings. The van der Waals surface area contributed by atoms with E-state index in [-0.39, 0.29) is 5.91 Å². The lowest BCUT2D eigenvalue weighted by Gasteiger charge is -2.22. The Balaban J connectivity index is 1.75. The molecule has 0 atom stereocenters. The van der Waals surface area contributed by atoms with Gasteiger partial charge in [0.15, 0.2) is 0 Å². The molecule has 110 valence electrons. The number of nitrogens with one attached hydrogen (secondary N) is 1. The molecule has 1 fully saturated rings. The van der Waals surface area contributed by atoms with Gasteiger partial charge in [-0.2, -0.15) is 0 Å². The average molecular weight is 276 g/mol. The maximum atomic E-state index is 12.0. The summed E-state index contributed by atoms with van der Waals surface area (Å²) in [6, 6.07) is 6.10. The first kappa shape index (κ1) is 14.9. The second-order valence-corrected chi connectivity index (χ2v) is 5.79. The van der Waals surface area contributed by atoms with E-state index in [1.807, 2.05) is 26.0 Å². The van der Waals surface area contributed by atoms with Crippen LogP contribution in [-0.4, -0.2) is 24.6 Å². The SMILES string of the molecule is Cc1cc(C)cc(OCCNC(=O)C2(N)CCCC2)c1. The van der Waals surface area contributed by atoms with Crippen LogP contribution in [0.4, 0.5) is 0 Å². The largest absolute Gasteiger partial charge is 0.492 e. The van der Waals surface area contributed by atoms with Crippen LogP contribution in [0.3, 0.4) is 0 Å². The number of hydrogen-bond acceptors (Lipinski definition) is 3. The van der Waals surface area contributed by atoms with Gasteiger partial charge in [-0.3, -0.25) is 4.79 Å². The van der Waals surface area contributed by atoms with Gasteiger partial charge in [0, 0.05) is 0 Å². The molecule has 0 spiro atoms. The van der Waals surface area contributed by atoms with E-state index < -0.39 is 5.54 Å². The second-order valence-electron chi connectivity index (χ2n) is 5.79. The van der Waals surface area contributed by atoms with Crippen molar-refractivity contribution in [3.8, 4) is 5.75 Å². The van der Waals surface area contributed by atoms with Gasteiger partial charge in [-0.25, -0.2) is 0 Å². The van der Waals surface area contributed by atoms with E-state index in [2.05, 4.69) is 11.4 Å². The molecule has 0 saturated heterocycles. The summed E-state index contributed by atoms with van der Waals surface area (Å²) >= 11 is 0. The maximum Gasteiger partial charge on any atom is 0.240 e. The Kier molecular flexibility index (Phi) is 4.65. The molecule has 2 rings (SSSR count). The molecule has 4 heteroatoms. The van der Waals surface area contributed by atoms with Crippen LogP contribution in [0.15, 0.2) is 18.2 Å². The van der Waals surface area contributed by atoms with Crippen LogP contribution in [0, 0.1) is 13.8 Å². The van der Waals surface area contributed by atoms with E-state index in [4.69, 9.17) is 10.5 Å². The third-order valence-electron chi connectivity index (χ3n) is 3.80. The van der Waals surface area contributed by atoms with E-state index in [9.17, 15) is 4.79 Å². The molecule has 1 aliphatic carbocycles. The van der Waals surface area contributed by atoms with Crippen molar-refractivity contribution in [3.63, 3.8) is 0 Å². The summed E-state index contributed by atoms with van der Waals surface area (Å²) in [5.74, 6) is 0.805. The van der Waals surface area contributed by atoms with Crippen LogP contribution in [0.1, 0.15) is 36.8 Å². The molecule has 0 bridgehead atoms. The van der Waals surface area contributed by atoms with Crippen molar-refractivity contribution in [1.29, 1.82) is 0 Å². The first-order chi connectivity index (χ1) is 9.49. The monoisotopic (exact) mass is 276 g/mol. The van der Waals surface area contributed by atoms with Crippen LogP contribution in [0.25, 0.3) is 0 Å². The van der Waals surface area contributed by atoms with Gasteiger partial charge in [0.05, 0.1) is 12.1 Å². The van der Waals surface area contributed by atoms with E-state index >= 15 is 0 Å². The Morgan fingerprint density at radius 2 is 1.85 bits per heavy atom. The van der Waals surface area contributed by atoms with Gasteiger partial charge >= 0.3 is 0 Å². The molecule has 4 nitrogen and oxygen atoms in total. The molecule has 0 heterocycles. The number of ether oxygens (including phenoxy) is 1. The minimum Gasteiger partial charge on any atom is -0.492 e. The average Bonchev–Trinajstić information content (AvgIpc) is 2.81. The van der Waals surface area contributed by atoms with Gasteiger partial charge in [0.1, 0.15) is 12.4 Å². The molecule has 0 aromatic heterocycles. The summed E-state index contributed by atoms with van der Waals surface area (Å²) in [4.78, 5) is 12.0. The lowest BCUT2D eigenvalue weighted by atomic mass is 9.98. The summed E-state index contributed by atoms with van der Waals surface area (Å²) in [6.07, 6.45) is 3.67. The Morgan fingerprint density at radius 3 is 2.45 bits per heavy atom. The summed E-state index contributed by atoms with van der Waals surface area (Å²) < 4.78 is 5.66. The van der Waals surface area contributed by atoms with Crippen molar-refractivity contribution in [3.05, 3.63) is 29.3 Å². The third-order valence-corrected chi connectivity index (χ3v) is 3.80. The fourth-order valence-electron chi connectivity index (χ4n) is 2.76. The highest BCUT2D eigenvalue weighted by Crippen LogP contribution is 2.27. The number of benzene rings is 1. The number of amides is 1. The Hall–Kier alpha value is -1.55. The minimum absolute atomic E-state index is 0.0426. The molecule has 3 N–H and O–H groups in total. The Labute approximate surface area is 120 Å². The zero-order valence-corrected chi connectivity index (χ0v) is 12.4.